The molecule has 3 aliphatic rings. The lowest BCUT2D eigenvalue weighted by molar-refractivity contribution is -0.247. The average molecular weight is 1550 g/mol. The van der Waals surface area contributed by atoms with Gasteiger partial charge in [-0.1, -0.05) is 71.9 Å². The van der Waals surface area contributed by atoms with Crippen molar-refractivity contribution in [2.75, 3.05) is 26.8 Å². The number of aromatic amines is 2. The number of ether oxygens (including phenoxy) is 4. The molecule has 602 valence electrons. The molecule has 35 heteroatoms. The number of amides is 9. The van der Waals surface area contributed by atoms with Crippen molar-refractivity contribution >= 4 is 87.4 Å². The van der Waals surface area contributed by atoms with E-state index in [4.69, 9.17) is 36.1 Å². The van der Waals surface area contributed by atoms with Gasteiger partial charge in [-0.05, 0) is 75.0 Å². The Labute approximate surface area is 639 Å². The Hall–Kier alpha value is -10.7. The average Bonchev–Trinajstić information content (AvgIpc) is 1.05. The Balaban J connectivity index is 0.885. The van der Waals surface area contributed by atoms with E-state index in [-0.39, 0.29) is 78.5 Å². The van der Waals surface area contributed by atoms with Crippen molar-refractivity contribution in [2.24, 2.45) is 35.0 Å². The number of fused-ring (bicyclic) bond motifs is 4. The van der Waals surface area contributed by atoms with Gasteiger partial charge in [0.15, 0.2) is 18.7 Å². The SMILES string of the molecule is COc1cccc2c1C(=O)c1c(O)c3c(c(O)c1C2=O)C[C@@](O)(C(=O)COC(=O)CCCC(=O)N[C@@H](CCC(N)=O)C(=O)N[C@@H](Cc1c[nH]c2ccccc12)C(=O)N[C@@H](C)C(=O)N[C@H](C(=O)NCC(=O)N[C@@H](Cc1cnc[nH]1)C(=O)N[C@H](CN[C@@H](CC(C)C)C(N)=O)CC(C)C)C(C)C)C[C@@H]3O[C@H]1C[C@H](N)[C@H](O)[C@H](C)O1. The second-order valence-corrected chi connectivity index (χ2v) is 29.7. The quantitative estimate of drug-likeness (QED) is 0.0177. The molecule has 111 heavy (non-hydrogen) atoms. The van der Waals surface area contributed by atoms with Gasteiger partial charge in [0.05, 0.1) is 61.0 Å². The molecule has 0 radical (unpaired) electrons. The number of hydrogen-bond acceptors (Lipinski definition) is 24. The number of primary amides is 2. The predicted molar refractivity (Wildman–Crippen MR) is 397 cm³/mol. The maximum atomic E-state index is 14.5. The van der Waals surface area contributed by atoms with Crippen LogP contribution in [0.4, 0.5) is 0 Å². The number of nitrogens with one attached hydrogen (secondary N) is 10. The first-order valence-electron chi connectivity index (χ1n) is 36.9. The number of phenolic OH excluding ortho intramolecular Hbond substituents is 2. The number of rotatable bonds is 39. The van der Waals surface area contributed by atoms with Crippen LogP contribution in [0, 0.1) is 17.8 Å². The lowest BCUT2D eigenvalue weighted by Gasteiger charge is -2.42. The van der Waals surface area contributed by atoms with Gasteiger partial charge in [-0.2, -0.15) is 0 Å². The Bertz CT molecular complexity index is 4260. The van der Waals surface area contributed by atoms with E-state index < -0.39 is 229 Å². The van der Waals surface area contributed by atoms with Crippen LogP contribution >= 0.6 is 0 Å². The summed E-state index contributed by atoms with van der Waals surface area (Å²) in [4.78, 5) is 188. The summed E-state index contributed by atoms with van der Waals surface area (Å²) in [5.74, 6) is -13.0. The number of methoxy groups -OCH3 is 1. The van der Waals surface area contributed by atoms with Crippen LogP contribution in [0.25, 0.3) is 10.9 Å². The van der Waals surface area contributed by atoms with Crippen LogP contribution in [0.3, 0.4) is 0 Å². The van der Waals surface area contributed by atoms with Crippen LogP contribution in [0.2, 0.25) is 0 Å². The smallest absolute Gasteiger partial charge is 0.306 e. The van der Waals surface area contributed by atoms with Crippen LogP contribution in [0.1, 0.15) is 174 Å². The number of carbonyl (C=O) groups excluding carboxylic acids is 13. The van der Waals surface area contributed by atoms with E-state index in [2.05, 4.69) is 57.5 Å². The minimum absolute atomic E-state index is 0.0000833. The normalized spacial score (nSPS) is 19.9. The van der Waals surface area contributed by atoms with Crippen LogP contribution in [-0.4, -0.2) is 211 Å². The van der Waals surface area contributed by atoms with E-state index in [1.165, 1.54) is 51.7 Å². The standard InChI is InChI=1S/C76H102N14O21/c1-35(2)22-42(31-82-49(70(79)101)23-36(3)4)86-74(105)51(25-41-30-80-34-84-41)88-57(94)32-83-75(106)64(37(5)6)90-71(102)38(7)85-73(104)50(24-40-29-81-47-16-11-10-14-43(40)47)89-72(103)48(20-21-55(78)92)87-56(93)18-13-19-58(95)109-33-54(91)76(107)27-45-61(53(28-76)111-59-26-46(77)65(96)39(8)110-59)69(100)63-62(67(45)98)66(97)44-15-12-17-52(108-9)60(44)68(63)99/h10-12,14-17,29-30,34-39,42,46,48-51,53,59,64-65,81-82,96,98,100,107H,13,18-28,31-33,77H2,1-9H3,(H2,78,92)(H2,79,101)(H,80,84)(H,83,106)(H,85,104)(H,86,105)(H,87,93)(H,88,94)(H,89,103)(H,90,102)/t38-,39-,42-,46-,48-,49-,50-,51-,53-,59-,64-,65+,76-/m0/s1. The topological polar surface area (TPSA) is 559 Å². The molecule has 13 atom stereocenters. The maximum absolute atomic E-state index is 14.5. The van der Waals surface area contributed by atoms with Crippen molar-refractivity contribution in [1.82, 2.24) is 57.5 Å². The molecular formula is C76H102N14O21. The zero-order valence-corrected chi connectivity index (χ0v) is 63.4. The highest BCUT2D eigenvalue weighted by Gasteiger charge is 2.51. The van der Waals surface area contributed by atoms with Gasteiger partial charge in [-0.3, -0.25) is 62.3 Å². The van der Waals surface area contributed by atoms with E-state index in [9.17, 15) is 82.8 Å². The summed E-state index contributed by atoms with van der Waals surface area (Å²) in [5, 5.41) is 69.1. The van der Waals surface area contributed by atoms with Crippen LogP contribution in [-0.2, 0) is 86.2 Å². The van der Waals surface area contributed by atoms with Gasteiger partial charge < -0.3 is 109 Å². The predicted octanol–water partition coefficient (Wildman–Crippen LogP) is -0.0856. The molecule has 0 unspecified atom stereocenters. The number of hydrogen-bond donors (Lipinski definition) is 17. The number of nitrogens with two attached hydrogens (primary N) is 3. The number of ketones is 3. The summed E-state index contributed by atoms with van der Waals surface area (Å²) >= 11 is 0. The number of carbonyl (C=O) groups is 13. The van der Waals surface area contributed by atoms with Crippen molar-refractivity contribution in [3.8, 4) is 17.2 Å². The third-order valence-corrected chi connectivity index (χ3v) is 19.7. The Morgan fingerprint density at radius 3 is 2.06 bits per heavy atom. The van der Waals surface area contributed by atoms with Crippen LogP contribution in [0.5, 0.6) is 17.2 Å². The first kappa shape index (κ1) is 85.9. The molecule has 5 aromatic rings. The van der Waals surface area contributed by atoms with Gasteiger partial charge >= 0.3 is 5.97 Å². The monoisotopic (exact) mass is 1550 g/mol. The number of imidazole rings is 1. The molecule has 3 heterocycles. The molecular weight excluding hydrogens is 1440 g/mol. The van der Waals surface area contributed by atoms with Crippen molar-refractivity contribution in [2.45, 2.75) is 211 Å². The second kappa shape index (κ2) is 38.3. The lowest BCUT2D eigenvalue weighted by Crippen LogP contribution is -2.59. The third-order valence-electron chi connectivity index (χ3n) is 19.7. The van der Waals surface area contributed by atoms with Gasteiger partial charge in [-0.25, -0.2) is 4.98 Å². The fourth-order valence-corrected chi connectivity index (χ4v) is 13.8. The van der Waals surface area contributed by atoms with Crippen LogP contribution in [0.15, 0.2) is 61.2 Å². The van der Waals surface area contributed by atoms with Gasteiger partial charge in [-0.15, -0.1) is 0 Å². The number of H-pyrrole nitrogens is 2. The number of aliphatic hydroxyl groups is 2. The van der Waals surface area contributed by atoms with Crippen molar-refractivity contribution in [3.05, 3.63) is 106 Å². The summed E-state index contributed by atoms with van der Waals surface area (Å²) in [6.45, 7) is 12.4. The molecule has 1 aliphatic heterocycles. The number of phenols is 2. The van der Waals surface area contributed by atoms with E-state index in [1.54, 1.807) is 44.3 Å². The molecule has 0 bridgehead atoms. The van der Waals surface area contributed by atoms with Crippen molar-refractivity contribution in [3.63, 3.8) is 0 Å². The molecule has 2 aliphatic carbocycles. The Morgan fingerprint density at radius 2 is 1.41 bits per heavy atom. The Kier molecular flexibility index (Phi) is 29.6. The fourth-order valence-electron chi connectivity index (χ4n) is 13.8. The number of para-hydroxylation sites is 1. The first-order chi connectivity index (χ1) is 52.5. The fraction of sp³-hybridized carbons (Fsp3) is 0.526. The summed E-state index contributed by atoms with van der Waals surface area (Å²) in [6.07, 6.45) is -3.30. The molecule has 0 spiro atoms. The Morgan fingerprint density at radius 1 is 0.730 bits per heavy atom. The second-order valence-electron chi connectivity index (χ2n) is 29.7. The number of aliphatic hydroxyl groups excluding tert-OH is 1. The number of aromatic nitrogens is 3. The first-order valence-corrected chi connectivity index (χ1v) is 36.9. The summed E-state index contributed by atoms with van der Waals surface area (Å²) in [5.41, 5.74) is 14.3. The zero-order valence-electron chi connectivity index (χ0n) is 63.4. The molecule has 0 saturated carbocycles. The molecule has 35 nitrogen and oxygen atoms in total. The number of nitrogens with zero attached hydrogens (tertiary/aromatic N) is 1. The van der Waals surface area contributed by atoms with Crippen molar-refractivity contribution in [1.29, 1.82) is 0 Å². The number of benzene rings is 3. The van der Waals surface area contributed by atoms with Gasteiger partial charge in [0.25, 0.3) is 0 Å². The number of aromatic hydroxyl groups is 2. The summed E-state index contributed by atoms with van der Waals surface area (Å²) in [7, 11) is 1.27. The van der Waals surface area contributed by atoms with Crippen LogP contribution < -0.4 is 64.5 Å². The molecule has 1 saturated heterocycles. The summed E-state index contributed by atoms with van der Waals surface area (Å²) < 4.78 is 22.7. The molecule has 1 fully saturated rings. The van der Waals surface area contributed by atoms with E-state index in [1.807, 2.05) is 27.7 Å². The zero-order chi connectivity index (χ0) is 81.5. The molecule has 20 N–H and O–H groups in total. The highest BCUT2D eigenvalue weighted by molar-refractivity contribution is 6.31. The maximum Gasteiger partial charge on any atom is 0.306 e. The highest BCUT2D eigenvalue weighted by Crippen LogP contribution is 2.53. The third kappa shape index (κ3) is 22.1. The van der Waals surface area contributed by atoms with E-state index in [0.29, 0.717) is 35.0 Å². The van der Waals surface area contributed by atoms with Crippen molar-refractivity contribution < 1.29 is 102 Å². The number of Topliss-reactive ketones (excluding diaryl/α,β-unsaturated/α-hetero) is 1. The van der Waals surface area contributed by atoms with E-state index in [0.717, 1.165) is 0 Å². The lowest BCUT2D eigenvalue weighted by atomic mass is 9.72. The minimum atomic E-state index is -2.57. The summed E-state index contributed by atoms with van der Waals surface area (Å²) in [6, 6.07) is 2.33. The largest absolute Gasteiger partial charge is 0.507 e. The molecule has 9 amide bonds. The van der Waals surface area contributed by atoms with E-state index >= 15 is 0 Å². The molecule has 8 rings (SSSR count). The van der Waals surface area contributed by atoms with Gasteiger partial charge in [0.1, 0.15) is 53.1 Å². The molecule has 2 aromatic heterocycles. The highest BCUT2D eigenvalue weighted by atomic mass is 16.7. The number of esters is 1. The van der Waals surface area contributed by atoms with Gasteiger partial charge in [0, 0.05) is 116 Å². The molecule has 3 aromatic carbocycles. The minimum Gasteiger partial charge on any atom is -0.507 e. The van der Waals surface area contributed by atoms with Gasteiger partial charge in [0.2, 0.25) is 64.7 Å².